The fourth-order valence-corrected chi connectivity index (χ4v) is 6.86. The van der Waals surface area contributed by atoms with Crippen LogP contribution in [0.3, 0.4) is 0 Å². The molecule has 1 unspecified atom stereocenters. The number of fused-ring (bicyclic) bond motifs is 1. The SMILES string of the molecule is N=C(N)N1CC=C(CCNC(=O)[C@H]2C[C@@H]3CC[C@@H](O)C[C@@H]3N2C(=O)C(Cc2ccccc2)NC(=O)[C@@H](O)Cc2ccccc2)C1. The Hall–Kier alpha value is -4.22. The number of aliphatic hydroxyl groups excluding tert-OH is 2. The molecule has 2 aliphatic heterocycles. The van der Waals surface area contributed by atoms with Crippen molar-refractivity contribution >= 4 is 23.7 Å². The van der Waals surface area contributed by atoms with Gasteiger partial charge in [-0.05, 0) is 49.1 Å². The third-order valence-corrected chi connectivity index (χ3v) is 9.26. The molecule has 0 bridgehead atoms. The van der Waals surface area contributed by atoms with Crippen molar-refractivity contribution in [3.8, 4) is 0 Å². The Morgan fingerprint density at radius 1 is 0.978 bits per heavy atom. The van der Waals surface area contributed by atoms with E-state index < -0.39 is 36.1 Å². The summed E-state index contributed by atoms with van der Waals surface area (Å²) < 4.78 is 0. The van der Waals surface area contributed by atoms with E-state index in [2.05, 4.69) is 10.6 Å². The zero-order chi connectivity index (χ0) is 31.9. The largest absolute Gasteiger partial charge is 0.393 e. The van der Waals surface area contributed by atoms with Crippen LogP contribution in [0.2, 0.25) is 0 Å². The molecule has 2 aromatic carbocycles. The molecule has 2 heterocycles. The van der Waals surface area contributed by atoms with Crippen molar-refractivity contribution in [3.63, 3.8) is 0 Å². The van der Waals surface area contributed by atoms with Gasteiger partial charge in [-0.1, -0.05) is 72.3 Å². The maximum absolute atomic E-state index is 14.4. The smallest absolute Gasteiger partial charge is 0.249 e. The summed E-state index contributed by atoms with van der Waals surface area (Å²) in [7, 11) is 0. The van der Waals surface area contributed by atoms with Crippen molar-refractivity contribution in [2.24, 2.45) is 11.7 Å². The first kappa shape index (κ1) is 32.2. The molecule has 0 spiro atoms. The minimum atomic E-state index is -1.36. The van der Waals surface area contributed by atoms with Crippen LogP contribution in [0, 0.1) is 11.3 Å². The predicted molar refractivity (Wildman–Crippen MR) is 170 cm³/mol. The molecule has 2 aromatic rings. The van der Waals surface area contributed by atoms with Crippen molar-refractivity contribution in [2.45, 2.75) is 75.3 Å². The number of hydrogen-bond acceptors (Lipinski definition) is 6. The van der Waals surface area contributed by atoms with E-state index in [4.69, 9.17) is 11.1 Å². The van der Waals surface area contributed by atoms with E-state index in [1.807, 2.05) is 66.7 Å². The van der Waals surface area contributed by atoms with E-state index in [0.29, 0.717) is 51.7 Å². The van der Waals surface area contributed by atoms with Crippen LogP contribution in [0.4, 0.5) is 0 Å². The Morgan fingerprint density at radius 2 is 1.64 bits per heavy atom. The van der Waals surface area contributed by atoms with Gasteiger partial charge in [-0.15, -0.1) is 0 Å². The van der Waals surface area contributed by atoms with Crippen molar-refractivity contribution in [2.75, 3.05) is 19.6 Å². The Kier molecular flexibility index (Phi) is 10.5. The number of benzene rings is 2. The number of aliphatic hydroxyl groups is 2. The lowest BCUT2D eigenvalue weighted by molar-refractivity contribution is -0.145. The zero-order valence-corrected chi connectivity index (χ0v) is 25.5. The van der Waals surface area contributed by atoms with Crippen LogP contribution in [0.5, 0.6) is 0 Å². The van der Waals surface area contributed by atoms with Gasteiger partial charge < -0.3 is 36.4 Å². The Balaban J connectivity index is 1.32. The summed E-state index contributed by atoms with van der Waals surface area (Å²) in [5, 5.41) is 34.8. The maximum atomic E-state index is 14.4. The highest BCUT2D eigenvalue weighted by Gasteiger charge is 2.50. The van der Waals surface area contributed by atoms with Gasteiger partial charge in [0.2, 0.25) is 17.7 Å². The molecule has 240 valence electrons. The first-order valence-electron chi connectivity index (χ1n) is 15.8. The van der Waals surface area contributed by atoms with Crippen LogP contribution in [-0.4, -0.2) is 93.7 Å². The lowest BCUT2D eigenvalue weighted by Crippen LogP contribution is -2.58. The maximum Gasteiger partial charge on any atom is 0.249 e. The van der Waals surface area contributed by atoms with Gasteiger partial charge in [0.05, 0.1) is 6.10 Å². The van der Waals surface area contributed by atoms with Crippen molar-refractivity contribution < 1.29 is 24.6 Å². The van der Waals surface area contributed by atoms with E-state index >= 15 is 0 Å². The molecule has 45 heavy (non-hydrogen) atoms. The van der Waals surface area contributed by atoms with E-state index in [0.717, 1.165) is 16.7 Å². The van der Waals surface area contributed by atoms with Gasteiger partial charge in [0.25, 0.3) is 0 Å². The molecule has 3 amide bonds. The molecule has 11 heteroatoms. The van der Waals surface area contributed by atoms with Crippen LogP contribution < -0.4 is 16.4 Å². The predicted octanol–water partition coefficient (Wildman–Crippen LogP) is 1.09. The van der Waals surface area contributed by atoms with Gasteiger partial charge in [-0.2, -0.15) is 0 Å². The Labute approximate surface area is 264 Å². The van der Waals surface area contributed by atoms with Crippen molar-refractivity contribution in [1.82, 2.24) is 20.4 Å². The fraction of sp³-hybridized carbons (Fsp3) is 0.471. The highest BCUT2D eigenvalue weighted by Crippen LogP contribution is 2.40. The summed E-state index contributed by atoms with van der Waals surface area (Å²) in [6.07, 6.45) is 3.16. The lowest BCUT2D eigenvalue weighted by atomic mass is 9.83. The number of amides is 3. The Morgan fingerprint density at radius 3 is 2.29 bits per heavy atom. The van der Waals surface area contributed by atoms with Crippen LogP contribution in [0.25, 0.3) is 0 Å². The molecule has 0 radical (unpaired) electrons. The van der Waals surface area contributed by atoms with Gasteiger partial charge in [0.15, 0.2) is 5.96 Å². The van der Waals surface area contributed by atoms with Crippen LogP contribution in [0.15, 0.2) is 72.3 Å². The molecular weight excluding hydrogens is 572 g/mol. The second kappa shape index (κ2) is 14.7. The zero-order valence-electron chi connectivity index (χ0n) is 25.5. The summed E-state index contributed by atoms with van der Waals surface area (Å²) in [6.45, 7) is 1.50. The molecule has 5 rings (SSSR count). The Bertz CT molecular complexity index is 1390. The topological polar surface area (TPSA) is 172 Å². The van der Waals surface area contributed by atoms with Gasteiger partial charge in [0, 0.05) is 38.5 Å². The number of nitrogens with zero attached hydrogens (tertiary/aromatic N) is 2. The standard InChI is InChI=1S/C34H44N6O5/c35-34(36)39-16-14-24(21-39)13-15-37-31(43)29-19-25-11-12-26(41)20-28(25)40(29)33(45)27(17-22-7-3-1-4-8-22)38-32(44)30(42)18-23-9-5-2-6-10-23/h1-10,14,25-30,41-42H,11-13,15-21H2,(H3,35,36)(H,37,43)(H,38,44)/t25-,26+,27?,28-,29+,30-/m0/s1. The average Bonchev–Trinajstić information content (AvgIpc) is 3.66. The molecule has 0 aromatic heterocycles. The normalized spacial score (nSPS) is 23.9. The number of rotatable bonds is 11. The second-order valence-corrected chi connectivity index (χ2v) is 12.4. The number of guanidine groups is 1. The third kappa shape index (κ3) is 8.09. The highest BCUT2D eigenvalue weighted by atomic mass is 16.3. The van der Waals surface area contributed by atoms with Crippen molar-refractivity contribution in [1.29, 1.82) is 5.41 Å². The van der Waals surface area contributed by atoms with Gasteiger partial charge in [0.1, 0.15) is 18.2 Å². The first-order chi connectivity index (χ1) is 21.7. The van der Waals surface area contributed by atoms with Crippen molar-refractivity contribution in [3.05, 3.63) is 83.4 Å². The molecule has 2 fully saturated rings. The number of likely N-dealkylation sites (tertiary alicyclic amines) is 1. The minimum absolute atomic E-state index is 0.0138. The highest BCUT2D eigenvalue weighted by molar-refractivity contribution is 5.94. The summed E-state index contributed by atoms with van der Waals surface area (Å²) in [5.74, 6) is -1.23. The van der Waals surface area contributed by atoms with Crippen LogP contribution in [0.1, 0.15) is 43.2 Å². The summed E-state index contributed by atoms with van der Waals surface area (Å²) >= 11 is 0. The molecular formula is C34H44N6O5. The lowest BCUT2D eigenvalue weighted by Gasteiger charge is -2.37. The molecule has 1 saturated heterocycles. The van der Waals surface area contributed by atoms with E-state index in [-0.39, 0.29) is 36.7 Å². The van der Waals surface area contributed by atoms with E-state index in [1.54, 1.807) is 9.80 Å². The molecule has 1 aliphatic carbocycles. The quantitative estimate of drug-likeness (QED) is 0.125. The van der Waals surface area contributed by atoms with E-state index in [9.17, 15) is 24.6 Å². The fourth-order valence-electron chi connectivity index (χ4n) is 6.86. The van der Waals surface area contributed by atoms with Crippen LogP contribution >= 0.6 is 0 Å². The van der Waals surface area contributed by atoms with Gasteiger partial charge >= 0.3 is 0 Å². The first-order valence-corrected chi connectivity index (χ1v) is 15.8. The average molecular weight is 617 g/mol. The monoisotopic (exact) mass is 616 g/mol. The van der Waals surface area contributed by atoms with Crippen LogP contribution in [-0.2, 0) is 27.2 Å². The number of nitrogens with one attached hydrogen (secondary N) is 3. The molecule has 7 N–H and O–H groups in total. The molecule has 3 aliphatic rings. The van der Waals surface area contributed by atoms with Gasteiger partial charge in [-0.3, -0.25) is 19.8 Å². The summed E-state index contributed by atoms with van der Waals surface area (Å²) in [6, 6.07) is 16.4. The number of hydrogen-bond donors (Lipinski definition) is 6. The summed E-state index contributed by atoms with van der Waals surface area (Å²) in [4.78, 5) is 44.7. The van der Waals surface area contributed by atoms with Gasteiger partial charge in [-0.25, -0.2) is 0 Å². The molecule has 11 nitrogen and oxygen atoms in total. The molecule has 6 atom stereocenters. The molecule has 1 saturated carbocycles. The second-order valence-electron chi connectivity index (χ2n) is 12.4. The summed E-state index contributed by atoms with van der Waals surface area (Å²) in [5.41, 5.74) is 8.31. The van der Waals surface area contributed by atoms with E-state index in [1.165, 1.54) is 0 Å². The number of carbonyl (C=O) groups excluding carboxylic acids is 3. The minimum Gasteiger partial charge on any atom is -0.393 e. The third-order valence-electron chi connectivity index (χ3n) is 9.26. The number of nitrogens with two attached hydrogens (primary N) is 1. The number of carbonyl (C=O) groups is 3.